The number of benzene rings is 1. The lowest BCUT2D eigenvalue weighted by molar-refractivity contribution is -0.141. The first kappa shape index (κ1) is 24.8. The van der Waals surface area contributed by atoms with Crippen molar-refractivity contribution in [2.45, 2.75) is 39.2 Å². The molecule has 9 nitrogen and oxygen atoms in total. The van der Waals surface area contributed by atoms with E-state index in [1.54, 1.807) is 19.1 Å². The van der Waals surface area contributed by atoms with Crippen LogP contribution in [0.25, 0.3) is 11.3 Å². The highest BCUT2D eigenvalue weighted by Crippen LogP contribution is 2.32. The molecule has 0 bridgehead atoms. The van der Waals surface area contributed by atoms with Crippen molar-refractivity contribution in [3.63, 3.8) is 0 Å². The number of methoxy groups -OCH3 is 2. The van der Waals surface area contributed by atoms with E-state index in [2.05, 4.69) is 15.1 Å². The van der Waals surface area contributed by atoms with E-state index in [1.165, 1.54) is 0 Å². The summed E-state index contributed by atoms with van der Waals surface area (Å²) in [4.78, 5) is 31.3. The Morgan fingerprint density at radius 2 is 1.77 bits per heavy atom. The van der Waals surface area contributed by atoms with E-state index in [4.69, 9.17) is 9.47 Å². The van der Waals surface area contributed by atoms with Gasteiger partial charge in [0.1, 0.15) is 18.0 Å². The summed E-state index contributed by atoms with van der Waals surface area (Å²) < 4.78 is 10.7. The van der Waals surface area contributed by atoms with Crippen LogP contribution >= 0.6 is 0 Å². The quantitative estimate of drug-likeness (QED) is 0.544. The molecule has 1 aliphatic carbocycles. The standard InChI is InChI=1S/C26H35N5O4/c1-18(2)15-25(32)31(19-5-6-19)17-26(33)30-13-11-29(12-14-30)24-10-9-22(27-28-24)21-8-7-20(34-3)16-23(21)35-4/h7-10,16,18-19H,5-6,11-15,17H2,1-4H3. The summed E-state index contributed by atoms with van der Waals surface area (Å²) in [7, 11) is 3.23. The SMILES string of the molecule is COc1ccc(-c2ccc(N3CCN(C(=O)CN(C(=O)CC(C)C)C4CC4)CC3)nn2)c(OC)c1. The first-order valence-electron chi connectivity index (χ1n) is 12.3. The molecule has 0 N–H and O–H groups in total. The molecule has 0 spiro atoms. The van der Waals surface area contributed by atoms with Gasteiger partial charge in [0.05, 0.1) is 19.9 Å². The first-order valence-corrected chi connectivity index (χ1v) is 12.3. The average Bonchev–Trinajstić information content (AvgIpc) is 3.72. The van der Waals surface area contributed by atoms with Gasteiger partial charge in [-0.15, -0.1) is 10.2 Å². The summed E-state index contributed by atoms with van der Waals surface area (Å²) in [5, 5.41) is 8.84. The number of aromatic nitrogens is 2. The molecule has 0 unspecified atom stereocenters. The number of hydrogen-bond donors (Lipinski definition) is 0. The van der Waals surface area contributed by atoms with Crippen LogP contribution in [0.4, 0.5) is 5.82 Å². The van der Waals surface area contributed by atoms with Crippen molar-refractivity contribution in [3.8, 4) is 22.8 Å². The van der Waals surface area contributed by atoms with E-state index in [1.807, 2.05) is 49.1 Å². The molecule has 0 radical (unpaired) electrons. The molecule has 2 fully saturated rings. The maximum atomic E-state index is 12.9. The third-order valence-corrected chi connectivity index (χ3v) is 6.49. The Kier molecular flexibility index (Phi) is 7.73. The minimum Gasteiger partial charge on any atom is -0.497 e. The van der Waals surface area contributed by atoms with Gasteiger partial charge in [-0.2, -0.15) is 0 Å². The Morgan fingerprint density at radius 3 is 2.34 bits per heavy atom. The van der Waals surface area contributed by atoms with Crippen LogP contribution < -0.4 is 14.4 Å². The second-order valence-electron chi connectivity index (χ2n) is 9.56. The number of piperazine rings is 1. The van der Waals surface area contributed by atoms with Gasteiger partial charge >= 0.3 is 0 Å². The fourth-order valence-corrected chi connectivity index (χ4v) is 4.35. The van der Waals surface area contributed by atoms with Gasteiger partial charge in [-0.1, -0.05) is 13.8 Å². The van der Waals surface area contributed by atoms with Crippen LogP contribution in [-0.4, -0.2) is 84.8 Å². The number of anilines is 1. The molecular formula is C26H35N5O4. The second kappa shape index (κ2) is 10.9. The Morgan fingerprint density at radius 1 is 1.03 bits per heavy atom. The molecule has 2 aromatic rings. The lowest BCUT2D eigenvalue weighted by atomic mass is 10.1. The fourth-order valence-electron chi connectivity index (χ4n) is 4.35. The van der Waals surface area contributed by atoms with E-state index in [0.29, 0.717) is 55.7 Å². The van der Waals surface area contributed by atoms with Crippen molar-refractivity contribution in [1.82, 2.24) is 20.0 Å². The third-order valence-electron chi connectivity index (χ3n) is 6.49. The van der Waals surface area contributed by atoms with Crippen LogP contribution in [0.1, 0.15) is 33.1 Å². The zero-order valence-electron chi connectivity index (χ0n) is 21.1. The van der Waals surface area contributed by atoms with Crippen LogP contribution in [0.5, 0.6) is 11.5 Å². The number of rotatable bonds is 9. The molecule has 9 heteroatoms. The number of carbonyl (C=O) groups is 2. The van der Waals surface area contributed by atoms with Gasteiger partial charge < -0.3 is 24.2 Å². The molecule has 0 atom stereocenters. The number of amides is 2. The third kappa shape index (κ3) is 6.01. The van der Waals surface area contributed by atoms with Crippen molar-refractivity contribution in [2.24, 2.45) is 5.92 Å². The number of nitrogens with zero attached hydrogens (tertiary/aromatic N) is 5. The molecule has 1 saturated heterocycles. The van der Waals surface area contributed by atoms with E-state index in [0.717, 1.165) is 24.2 Å². The van der Waals surface area contributed by atoms with Gasteiger partial charge in [-0.05, 0) is 43.0 Å². The van der Waals surface area contributed by atoms with Crippen molar-refractivity contribution >= 4 is 17.6 Å². The summed E-state index contributed by atoms with van der Waals surface area (Å²) in [5.41, 5.74) is 1.56. The lowest BCUT2D eigenvalue weighted by Crippen LogP contribution is -2.52. The van der Waals surface area contributed by atoms with Gasteiger partial charge in [-0.3, -0.25) is 9.59 Å². The second-order valence-corrected chi connectivity index (χ2v) is 9.56. The summed E-state index contributed by atoms with van der Waals surface area (Å²) >= 11 is 0. The molecule has 2 amide bonds. The monoisotopic (exact) mass is 481 g/mol. The zero-order valence-corrected chi connectivity index (χ0v) is 21.1. The van der Waals surface area contributed by atoms with E-state index in [-0.39, 0.29) is 24.4 Å². The summed E-state index contributed by atoms with van der Waals surface area (Å²) in [6, 6.07) is 9.71. The molecule has 2 heterocycles. The van der Waals surface area contributed by atoms with Crippen LogP contribution in [0, 0.1) is 5.92 Å². The molecule has 1 aliphatic heterocycles. The average molecular weight is 482 g/mol. The van der Waals surface area contributed by atoms with Crippen molar-refractivity contribution < 1.29 is 19.1 Å². The highest BCUT2D eigenvalue weighted by Gasteiger charge is 2.35. The van der Waals surface area contributed by atoms with Crippen molar-refractivity contribution in [3.05, 3.63) is 30.3 Å². The topological polar surface area (TPSA) is 88.1 Å². The highest BCUT2D eigenvalue weighted by atomic mass is 16.5. The first-order chi connectivity index (χ1) is 16.9. The molecule has 4 rings (SSSR count). The molecule has 188 valence electrons. The molecular weight excluding hydrogens is 446 g/mol. The summed E-state index contributed by atoms with van der Waals surface area (Å²) in [5.74, 6) is 2.58. The van der Waals surface area contributed by atoms with E-state index >= 15 is 0 Å². The van der Waals surface area contributed by atoms with Crippen LogP contribution in [0.15, 0.2) is 30.3 Å². The molecule has 2 aliphatic rings. The molecule has 1 aromatic heterocycles. The lowest BCUT2D eigenvalue weighted by Gasteiger charge is -2.36. The Hall–Kier alpha value is -3.36. The van der Waals surface area contributed by atoms with Gasteiger partial charge in [0, 0.05) is 50.3 Å². The van der Waals surface area contributed by atoms with E-state index < -0.39 is 0 Å². The van der Waals surface area contributed by atoms with Crippen molar-refractivity contribution in [2.75, 3.05) is 51.8 Å². The van der Waals surface area contributed by atoms with Gasteiger partial charge in [0.25, 0.3) is 0 Å². The van der Waals surface area contributed by atoms with Crippen molar-refractivity contribution in [1.29, 1.82) is 0 Å². The maximum absolute atomic E-state index is 12.9. The Bertz CT molecular complexity index is 1030. The molecule has 1 saturated carbocycles. The predicted octanol–water partition coefficient (Wildman–Crippen LogP) is 2.85. The summed E-state index contributed by atoms with van der Waals surface area (Å²) in [6.07, 6.45) is 2.50. The zero-order chi connectivity index (χ0) is 24.9. The van der Waals surface area contributed by atoms with Crippen LogP contribution in [-0.2, 0) is 9.59 Å². The fraction of sp³-hybridized carbons (Fsp3) is 0.538. The Labute approximate surface area is 207 Å². The van der Waals surface area contributed by atoms with E-state index in [9.17, 15) is 9.59 Å². The van der Waals surface area contributed by atoms with Crippen LogP contribution in [0.3, 0.4) is 0 Å². The van der Waals surface area contributed by atoms with Gasteiger partial charge in [-0.25, -0.2) is 0 Å². The highest BCUT2D eigenvalue weighted by molar-refractivity contribution is 5.85. The number of ether oxygens (including phenoxy) is 2. The number of hydrogen-bond acceptors (Lipinski definition) is 7. The smallest absolute Gasteiger partial charge is 0.242 e. The molecule has 35 heavy (non-hydrogen) atoms. The summed E-state index contributed by atoms with van der Waals surface area (Å²) in [6.45, 7) is 6.81. The largest absolute Gasteiger partial charge is 0.497 e. The van der Waals surface area contributed by atoms with Gasteiger partial charge in [0.2, 0.25) is 11.8 Å². The van der Waals surface area contributed by atoms with Crippen LogP contribution in [0.2, 0.25) is 0 Å². The predicted molar refractivity (Wildman–Crippen MR) is 134 cm³/mol. The molecule has 1 aromatic carbocycles. The number of carbonyl (C=O) groups excluding carboxylic acids is 2. The Balaban J connectivity index is 1.34. The van der Waals surface area contributed by atoms with Gasteiger partial charge in [0.15, 0.2) is 5.82 Å². The minimum absolute atomic E-state index is 0.0293. The maximum Gasteiger partial charge on any atom is 0.242 e. The minimum atomic E-state index is 0.0293. The normalized spacial score (nSPS) is 15.8.